The summed E-state index contributed by atoms with van der Waals surface area (Å²) in [5, 5.41) is 4.60. The summed E-state index contributed by atoms with van der Waals surface area (Å²) in [6, 6.07) is 8.76. The van der Waals surface area contributed by atoms with Gasteiger partial charge in [0.2, 0.25) is 0 Å². The first kappa shape index (κ1) is 16.7. The van der Waals surface area contributed by atoms with E-state index in [2.05, 4.69) is 74.1 Å². The molecule has 0 atom stereocenters. The van der Waals surface area contributed by atoms with Crippen molar-refractivity contribution in [2.24, 2.45) is 0 Å². The van der Waals surface area contributed by atoms with Crippen molar-refractivity contribution in [2.75, 3.05) is 0 Å². The summed E-state index contributed by atoms with van der Waals surface area (Å²) in [5.74, 6) is 0. The third-order valence-electron chi connectivity index (χ3n) is 3.18. The third-order valence-corrected chi connectivity index (χ3v) is 4.96. The molecule has 1 N–H and O–H groups in total. The average Bonchev–Trinajstić information content (AvgIpc) is 2.81. The van der Waals surface area contributed by atoms with Crippen LogP contribution < -0.4 is 5.32 Å². The standard InChI is InChI=1S/C17H23BrN2S/c1-11(2)19-10-14-15(17(3,4)5)20-16(21-14)12-8-6-7-9-13(12)18/h6-9,11,19H,10H2,1-5H3. The maximum absolute atomic E-state index is 4.94. The van der Waals surface area contributed by atoms with Crippen molar-refractivity contribution < 1.29 is 0 Å². The van der Waals surface area contributed by atoms with Gasteiger partial charge in [-0.2, -0.15) is 0 Å². The fourth-order valence-corrected chi connectivity index (χ4v) is 3.97. The third kappa shape index (κ3) is 4.15. The number of hydrogen-bond donors (Lipinski definition) is 1. The molecule has 0 bridgehead atoms. The SMILES string of the molecule is CC(C)NCc1sc(-c2ccccc2Br)nc1C(C)(C)C. The Morgan fingerprint density at radius 3 is 2.48 bits per heavy atom. The molecule has 2 aromatic rings. The van der Waals surface area contributed by atoms with E-state index in [1.807, 2.05) is 6.07 Å². The molecule has 1 aromatic heterocycles. The van der Waals surface area contributed by atoms with Gasteiger partial charge in [0.15, 0.2) is 0 Å². The lowest BCUT2D eigenvalue weighted by molar-refractivity contribution is 0.546. The van der Waals surface area contributed by atoms with Gasteiger partial charge < -0.3 is 5.32 Å². The van der Waals surface area contributed by atoms with Crippen LogP contribution in [-0.4, -0.2) is 11.0 Å². The van der Waals surface area contributed by atoms with Crippen molar-refractivity contribution in [2.45, 2.75) is 52.6 Å². The Kier molecular flexibility index (Phi) is 5.23. The monoisotopic (exact) mass is 366 g/mol. The number of halogens is 1. The smallest absolute Gasteiger partial charge is 0.125 e. The molecule has 0 saturated carbocycles. The lowest BCUT2D eigenvalue weighted by Crippen LogP contribution is -2.23. The first-order valence-electron chi connectivity index (χ1n) is 7.27. The second-order valence-corrected chi connectivity index (χ2v) is 8.49. The van der Waals surface area contributed by atoms with Crippen LogP contribution in [0.5, 0.6) is 0 Å². The van der Waals surface area contributed by atoms with Gasteiger partial charge in [-0.1, -0.05) is 68.7 Å². The van der Waals surface area contributed by atoms with Gasteiger partial charge in [-0.15, -0.1) is 11.3 Å². The molecule has 0 aliphatic rings. The Balaban J connectivity index is 2.43. The zero-order chi connectivity index (χ0) is 15.6. The van der Waals surface area contributed by atoms with Crippen molar-refractivity contribution in [3.8, 4) is 10.6 Å². The van der Waals surface area contributed by atoms with Gasteiger partial charge in [0, 0.05) is 32.9 Å². The van der Waals surface area contributed by atoms with Crippen LogP contribution in [-0.2, 0) is 12.0 Å². The molecule has 0 fully saturated rings. The summed E-state index contributed by atoms with van der Waals surface area (Å²) >= 11 is 5.42. The largest absolute Gasteiger partial charge is 0.310 e. The maximum Gasteiger partial charge on any atom is 0.125 e. The van der Waals surface area contributed by atoms with Crippen LogP contribution in [0.4, 0.5) is 0 Å². The summed E-state index contributed by atoms with van der Waals surface area (Å²) in [7, 11) is 0. The highest BCUT2D eigenvalue weighted by molar-refractivity contribution is 9.10. The van der Waals surface area contributed by atoms with E-state index in [1.54, 1.807) is 11.3 Å². The molecule has 114 valence electrons. The number of benzene rings is 1. The van der Waals surface area contributed by atoms with Crippen LogP contribution in [0.25, 0.3) is 10.6 Å². The van der Waals surface area contributed by atoms with Gasteiger partial charge in [-0.05, 0) is 6.07 Å². The van der Waals surface area contributed by atoms with Crippen LogP contribution in [0.15, 0.2) is 28.7 Å². The van der Waals surface area contributed by atoms with E-state index in [0.717, 1.165) is 16.0 Å². The minimum Gasteiger partial charge on any atom is -0.310 e. The van der Waals surface area contributed by atoms with Crippen molar-refractivity contribution in [1.82, 2.24) is 10.3 Å². The predicted octanol–water partition coefficient (Wildman–Crippen LogP) is 5.37. The van der Waals surface area contributed by atoms with E-state index in [9.17, 15) is 0 Å². The maximum atomic E-state index is 4.94. The minimum absolute atomic E-state index is 0.0595. The van der Waals surface area contributed by atoms with E-state index in [4.69, 9.17) is 4.98 Å². The highest BCUT2D eigenvalue weighted by Gasteiger charge is 2.24. The number of nitrogens with one attached hydrogen (secondary N) is 1. The van der Waals surface area contributed by atoms with Gasteiger partial charge in [-0.3, -0.25) is 0 Å². The summed E-state index contributed by atoms with van der Waals surface area (Å²) in [5.41, 5.74) is 2.43. The Labute approximate surface area is 140 Å². The van der Waals surface area contributed by atoms with Gasteiger partial charge in [-0.25, -0.2) is 4.98 Å². The molecule has 0 amide bonds. The van der Waals surface area contributed by atoms with Crippen LogP contribution in [0, 0.1) is 0 Å². The summed E-state index contributed by atoms with van der Waals surface area (Å²) in [4.78, 5) is 6.27. The van der Waals surface area contributed by atoms with Crippen LogP contribution in [0.3, 0.4) is 0 Å². The predicted molar refractivity (Wildman–Crippen MR) is 95.9 cm³/mol. The fourth-order valence-electron chi connectivity index (χ4n) is 2.10. The number of rotatable bonds is 4. The van der Waals surface area contributed by atoms with E-state index >= 15 is 0 Å². The molecular formula is C17H23BrN2S. The van der Waals surface area contributed by atoms with E-state index in [0.29, 0.717) is 6.04 Å². The highest BCUT2D eigenvalue weighted by Crippen LogP contribution is 2.37. The van der Waals surface area contributed by atoms with Crippen molar-refractivity contribution in [1.29, 1.82) is 0 Å². The molecule has 4 heteroatoms. The average molecular weight is 367 g/mol. The van der Waals surface area contributed by atoms with Crippen molar-refractivity contribution in [3.63, 3.8) is 0 Å². The topological polar surface area (TPSA) is 24.9 Å². The second-order valence-electron chi connectivity index (χ2n) is 6.56. The Bertz CT molecular complexity index is 611. The summed E-state index contributed by atoms with van der Waals surface area (Å²) in [6.45, 7) is 11.9. The first-order chi connectivity index (χ1) is 9.79. The van der Waals surface area contributed by atoms with E-state index in [1.165, 1.54) is 16.1 Å². The molecular weight excluding hydrogens is 344 g/mol. The molecule has 0 saturated heterocycles. The Morgan fingerprint density at radius 2 is 1.90 bits per heavy atom. The van der Waals surface area contributed by atoms with Crippen LogP contribution >= 0.6 is 27.3 Å². The highest BCUT2D eigenvalue weighted by atomic mass is 79.9. The molecule has 0 spiro atoms. The van der Waals surface area contributed by atoms with E-state index < -0.39 is 0 Å². The summed E-state index contributed by atoms with van der Waals surface area (Å²) in [6.07, 6.45) is 0. The molecule has 1 heterocycles. The molecule has 0 aliphatic heterocycles. The zero-order valence-electron chi connectivity index (χ0n) is 13.3. The normalized spacial score (nSPS) is 12.1. The Morgan fingerprint density at radius 1 is 1.24 bits per heavy atom. The minimum atomic E-state index is 0.0595. The molecule has 1 aromatic carbocycles. The zero-order valence-corrected chi connectivity index (χ0v) is 15.7. The van der Waals surface area contributed by atoms with Gasteiger partial charge >= 0.3 is 0 Å². The Hall–Kier alpha value is -0.710. The molecule has 0 aliphatic carbocycles. The quantitative estimate of drug-likeness (QED) is 0.786. The molecule has 2 rings (SSSR count). The number of hydrogen-bond acceptors (Lipinski definition) is 3. The lowest BCUT2D eigenvalue weighted by atomic mass is 9.91. The molecule has 0 unspecified atom stereocenters. The number of aromatic nitrogens is 1. The van der Waals surface area contributed by atoms with Gasteiger partial charge in [0.1, 0.15) is 5.01 Å². The van der Waals surface area contributed by atoms with Crippen LogP contribution in [0.1, 0.15) is 45.2 Å². The number of thiazole rings is 1. The van der Waals surface area contributed by atoms with Crippen molar-refractivity contribution in [3.05, 3.63) is 39.3 Å². The summed E-state index contributed by atoms with van der Waals surface area (Å²) < 4.78 is 1.10. The van der Waals surface area contributed by atoms with Crippen molar-refractivity contribution >= 4 is 27.3 Å². The molecule has 2 nitrogen and oxygen atoms in total. The molecule has 21 heavy (non-hydrogen) atoms. The van der Waals surface area contributed by atoms with Gasteiger partial charge in [0.25, 0.3) is 0 Å². The lowest BCUT2D eigenvalue weighted by Gasteiger charge is -2.18. The molecule has 0 radical (unpaired) electrons. The van der Waals surface area contributed by atoms with Gasteiger partial charge in [0.05, 0.1) is 5.69 Å². The second kappa shape index (κ2) is 6.59. The fraction of sp³-hybridized carbons (Fsp3) is 0.471. The first-order valence-corrected chi connectivity index (χ1v) is 8.88. The number of nitrogens with zero attached hydrogens (tertiary/aromatic N) is 1. The van der Waals surface area contributed by atoms with E-state index in [-0.39, 0.29) is 5.41 Å². The van der Waals surface area contributed by atoms with Crippen LogP contribution in [0.2, 0.25) is 0 Å².